The molecule has 3 N–H and O–H groups in total. The van der Waals surface area contributed by atoms with Crippen LogP contribution in [-0.2, 0) is 23.1 Å². The summed E-state index contributed by atoms with van der Waals surface area (Å²) in [5.41, 5.74) is 2.74. The third-order valence-corrected chi connectivity index (χ3v) is 3.23. The van der Waals surface area contributed by atoms with Crippen molar-refractivity contribution in [1.82, 2.24) is 25.3 Å². The lowest BCUT2D eigenvalue weighted by Crippen LogP contribution is -2.34. The van der Waals surface area contributed by atoms with Crippen LogP contribution in [0.3, 0.4) is 0 Å². The van der Waals surface area contributed by atoms with E-state index < -0.39 is 12.0 Å². The zero-order valence-corrected chi connectivity index (χ0v) is 12.0. The van der Waals surface area contributed by atoms with E-state index in [4.69, 9.17) is 0 Å². The summed E-state index contributed by atoms with van der Waals surface area (Å²) in [4.78, 5) is 23.4. The number of aryl methyl sites for hydroxylation is 3. The molecule has 0 aliphatic heterocycles. The molecule has 0 aliphatic carbocycles. The standard InChI is InChI=1S/C13H17N5O3/c1-7-10(8(2)17-16-7)4-11(19)15-12(13(20)21)9-5-14-18(3)6-9/h5-6,12H,4H2,1-3H3,(H,15,19)(H,16,17)(H,20,21). The van der Waals surface area contributed by atoms with E-state index in [1.165, 1.54) is 10.9 Å². The highest BCUT2D eigenvalue weighted by atomic mass is 16.4. The van der Waals surface area contributed by atoms with E-state index in [0.29, 0.717) is 5.56 Å². The van der Waals surface area contributed by atoms with Crippen molar-refractivity contribution < 1.29 is 14.7 Å². The highest BCUT2D eigenvalue weighted by Crippen LogP contribution is 2.14. The molecular formula is C13H17N5O3. The third-order valence-electron chi connectivity index (χ3n) is 3.23. The maximum atomic E-state index is 12.1. The van der Waals surface area contributed by atoms with Crippen molar-refractivity contribution in [2.45, 2.75) is 26.3 Å². The lowest BCUT2D eigenvalue weighted by molar-refractivity contribution is -0.141. The van der Waals surface area contributed by atoms with Crippen LogP contribution in [-0.4, -0.2) is 37.0 Å². The quantitative estimate of drug-likeness (QED) is 0.730. The van der Waals surface area contributed by atoms with Gasteiger partial charge in [-0.3, -0.25) is 14.6 Å². The normalized spacial score (nSPS) is 12.1. The molecule has 8 nitrogen and oxygen atoms in total. The number of carbonyl (C=O) groups excluding carboxylic acids is 1. The highest BCUT2D eigenvalue weighted by Gasteiger charge is 2.24. The molecular weight excluding hydrogens is 274 g/mol. The molecule has 0 radical (unpaired) electrons. The van der Waals surface area contributed by atoms with Crippen LogP contribution in [0, 0.1) is 13.8 Å². The first-order valence-electron chi connectivity index (χ1n) is 6.39. The number of carbonyl (C=O) groups is 2. The monoisotopic (exact) mass is 291 g/mol. The number of nitrogens with zero attached hydrogens (tertiary/aromatic N) is 3. The fraction of sp³-hybridized carbons (Fsp3) is 0.385. The van der Waals surface area contributed by atoms with Gasteiger partial charge in [0.1, 0.15) is 0 Å². The van der Waals surface area contributed by atoms with Gasteiger partial charge in [0, 0.05) is 30.1 Å². The summed E-state index contributed by atoms with van der Waals surface area (Å²) in [6, 6.07) is -1.11. The van der Waals surface area contributed by atoms with Crippen LogP contribution in [0.15, 0.2) is 12.4 Å². The van der Waals surface area contributed by atoms with Crippen LogP contribution < -0.4 is 5.32 Å². The molecule has 112 valence electrons. The van der Waals surface area contributed by atoms with E-state index in [2.05, 4.69) is 20.6 Å². The Morgan fingerprint density at radius 3 is 2.67 bits per heavy atom. The smallest absolute Gasteiger partial charge is 0.331 e. The van der Waals surface area contributed by atoms with Gasteiger partial charge >= 0.3 is 5.97 Å². The van der Waals surface area contributed by atoms with Crippen molar-refractivity contribution in [1.29, 1.82) is 0 Å². The number of rotatable bonds is 5. The minimum absolute atomic E-state index is 0.0816. The third kappa shape index (κ3) is 3.28. The van der Waals surface area contributed by atoms with Crippen molar-refractivity contribution in [3.8, 4) is 0 Å². The van der Waals surface area contributed by atoms with Crippen molar-refractivity contribution in [3.63, 3.8) is 0 Å². The van der Waals surface area contributed by atoms with Crippen LogP contribution in [0.1, 0.15) is 28.6 Å². The van der Waals surface area contributed by atoms with Gasteiger partial charge in [-0.25, -0.2) is 4.79 Å². The SMILES string of the molecule is Cc1n[nH]c(C)c1CC(=O)NC(C(=O)O)c1cnn(C)c1. The molecule has 0 aromatic carbocycles. The molecule has 1 amide bonds. The number of hydrogen-bond donors (Lipinski definition) is 3. The Labute approximate surface area is 121 Å². The van der Waals surface area contributed by atoms with Crippen LogP contribution in [0.2, 0.25) is 0 Å². The van der Waals surface area contributed by atoms with Gasteiger partial charge in [-0.1, -0.05) is 0 Å². The number of amides is 1. The number of carboxylic acid groups (broad SMARTS) is 1. The van der Waals surface area contributed by atoms with Crippen molar-refractivity contribution in [2.75, 3.05) is 0 Å². The number of aliphatic carboxylic acids is 1. The average molecular weight is 291 g/mol. The van der Waals surface area contributed by atoms with Crippen LogP contribution in [0.4, 0.5) is 0 Å². The first-order chi connectivity index (χ1) is 9.88. The topological polar surface area (TPSA) is 113 Å². The summed E-state index contributed by atoms with van der Waals surface area (Å²) in [6.07, 6.45) is 3.07. The Bertz CT molecular complexity index is 654. The maximum absolute atomic E-state index is 12.1. The lowest BCUT2D eigenvalue weighted by atomic mass is 10.1. The van der Waals surface area contributed by atoms with Crippen molar-refractivity contribution >= 4 is 11.9 Å². The largest absolute Gasteiger partial charge is 0.479 e. The molecule has 21 heavy (non-hydrogen) atoms. The second kappa shape index (κ2) is 5.78. The number of aromatic nitrogens is 4. The van der Waals surface area contributed by atoms with Gasteiger partial charge in [-0.15, -0.1) is 0 Å². The Morgan fingerprint density at radius 1 is 1.48 bits per heavy atom. The number of hydrogen-bond acceptors (Lipinski definition) is 4. The minimum Gasteiger partial charge on any atom is -0.479 e. The van der Waals surface area contributed by atoms with Gasteiger partial charge in [0.05, 0.1) is 18.3 Å². The van der Waals surface area contributed by atoms with E-state index in [1.807, 2.05) is 6.92 Å². The molecule has 0 aliphatic rings. The second-order valence-corrected chi connectivity index (χ2v) is 4.88. The van der Waals surface area contributed by atoms with Crippen LogP contribution in [0.25, 0.3) is 0 Å². The van der Waals surface area contributed by atoms with Crippen molar-refractivity contribution in [2.24, 2.45) is 7.05 Å². The fourth-order valence-corrected chi connectivity index (χ4v) is 2.08. The zero-order chi connectivity index (χ0) is 15.6. The number of aromatic amines is 1. The molecule has 1 atom stereocenters. The van der Waals surface area contributed by atoms with E-state index in [0.717, 1.165) is 17.0 Å². The van der Waals surface area contributed by atoms with E-state index in [1.54, 1.807) is 20.2 Å². The minimum atomic E-state index is -1.13. The number of nitrogens with one attached hydrogen (secondary N) is 2. The predicted molar refractivity (Wildman–Crippen MR) is 73.5 cm³/mol. The molecule has 0 spiro atoms. The second-order valence-electron chi connectivity index (χ2n) is 4.88. The molecule has 0 bridgehead atoms. The molecule has 8 heteroatoms. The summed E-state index contributed by atoms with van der Waals surface area (Å²) >= 11 is 0. The molecule has 2 aromatic heterocycles. The van der Waals surface area contributed by atoms with Gasteiger partial charge in [0.2, 0.25) is 5.91 Å². The van der Waals surface area contributed by atoms with Crippen LogP contribution in [0.5, 0.6) is 0 Å². The summed E-state index contributed by atoms with van der Waals surface area (Å²) in [5.74, 6) is -1.50. The van der Waals surface area contributed by atoms with E-state index in [9.17, 15) is 14.7 Å². The Kier molecular flexibility index (Phi) is 4.06. The van der Waals surface area contributed by atoms with E-state index in [-0.39, 0.29) is 12.3 Å². The van der Waals surface area contributed by atoms with Gasteiger partial charge in [-0.2, -0.15) is 10.2 Å². The molecule has 2 rings (SSSR count). The molecule has 2 aromatic rings. The van der Waals surface area contributed by atoms with Crippen LogP contribution >= 0.6 is 0 Å². The predicted octanol–water partition coefficient (Wildman–Crippen LogP) is 0.245. The van der Waals surface area contributed by atoms with Crippen molar-refractivity contribution in [3.05, 3.63) is 34.9 Å². The Balaban J connectivity index is 2.11. The van der Waals surface area contributed by atoms with Gasteiger partial charge < -0.3 is 10.4 Å². The number of H-pyrrole nitrogens is 1. The fourth-order valence-electron chi connectivity index (χ4n) is 2.08. The molecule has 0 saturated heterocycles. The molecule has 0 saturated carbocycles. The Morgan fingerprint density at radius 2 is 2.19 bits per heavy atom. The molecule has 2 heterocycles. The van der Waals surface area contributed by atoms with Gasteiger partial charge in [-0.05, 0) is 13.8 Å². The van der Waals surface area contributed by atoms with Gasteiger partial charge in [0.25, 0.3) is 0 Å². The molecule has 0 fully saturated rings. The average Bonchev–Trinajstić information content (AvgIpc) is 2.96. The Hall–Kier alpha value is -2.64. The maximum Gasteiger partial charge on any atom is 0.331 e. The zero-order valence-electron chi connectivity index (χ0n) is 12.0. The first kappa shape index (κ1) is 14.8. The first-order valence-corrected chi connectivity index (χ1v) is 6.39. The molecule has 1 unspecified atom stereocenters. The summed E-state index contributed by atoms with van der Waals surface area (Å²) in [7, 11) is 1.68. The highest BCUT2D eigenvalue weighted by molar-refractivity contribution is 5.85. The lowest BCUT2D eigenvalue weighted by Gasteiger charge is -2.13. The summed E-state index contributed by atoms with van der Waals surface area (Å²) in [6.45, 7) is 3.61. The summed E-state index contributed by atoms with van der Waals surface area (Å²) in [5, 5.41) is 22.5. The van der Waals surface area contributed by atoms with Gasteiger partial charge in [0.15, 0.2) is 6.04 Å². The number of carboxylic acids is 1. The van der Waals surface area contributed by atoms with E-state index >= 15 is 0 Å². The summed E-state index contributed by atoms with van der Waals surface area (Å²) < 4.78 is 1.49.